The third-order valence-electron chi connectivity index (χ3n) is 4.39. The molecule has 1 aliphatic carbocycles. The van der Waals surface area contributed by atoms with Gasteiger partial charge in [0.05, 0.1) is 6.07 Å². The molecular weight excluding hydrogens is 312 g/mol. The van der Waals surface area contributed by atoms with E-state index in [1.165, 1.54) is 19.3 Å². The monoisotopic (exact) mass is 338 g/mol. The first kappa shape index (κ1) is 17.9. The third kappa shape index (κ3) is 5.94. The average Bonchev–Trinajstić information content (AvgIpc) is 2.59. The van der Waals surface area contributed by atoms with Crippen LogP contribution in [-0.2, 0) is 4.79 Å². The summed E-state index contributed by atoms with van der Waals surface area (Å²) in [5.74, 6) is 1.61. The number of nitrogens with zero attached hydrogens (tertiary/aromatic N) is 2. The van der Waals surface area contributed by atoms with Crippen LogP contribution in [0.2, 0.25) is 0 Å². The van der Waals surface area contributed by atoms with E-state index >= 15 is 0 Å². The first-order valence-electron chi connectivity index (χ1n) is 8.52. The molecule has 0 bridgehead atoms. The van der Waals surface area contributed by atoms with E-state index in [0.717, 1.165) is 18.6 Å². The van der Waals surface area contributed by atoms with Gasteiger partial charge < -0.3 is 15.5 Å². The summed E-state index contributed by atoms with van der Waals surface area (Å²) < 4.78 is 0. The molecule has 0 aromatic heterocycles. The van der Waals surface area contributed by atoms with Crippen molar-refractivity contribution in [2.75, 3.05) is 24.6 Å². The largest absolute Gasteiger partial charge is 0.338 e. The Morgan fingerprint density at radius 1 is 1.26 bits per heavy atom. The van der Waals surface area contributed by atoms with Gasteiger partial charge in [0.1, 0.15) is 6.04 Å². The lowest BCUT2D eigenvalue weighted by molar-refractivity contribution is -0.132. The highest BCUT2D eigenvalue weighted by Crippen LogP contribution is 2.18. The lowest BCUT2D eigenvalue weighted by Gasteiger charge is -2.31. The van der Waals surface area contributed by atoms with Crippen molar-refractivity contribution in [1.82, 2.24) is 15.5 Å². The van der Waals surface area contributed by atoms with E-state index in [1.807, 2.05) is 0 Å². The van der Waals surface area contributed by atoms with Crippen LogP contribution >= 0.6 is 11.8 Å². The highest BCUT2D eigenvalue weighted by molar-refractivity contribution is 7.99. The number of rotatable bonds is 5. The molecule has 0 unspecified atom stereocenters. The number of hydrogen-bond donors (Lipinski definition) is 2. The van der Waals surface area contributed by atoms with Crippen LogP contribution in [0.1, 0.15) is 44.9 Å². The number of amides is 3. The van der Waals surface area contributed by atoms with Gasteiger partial charge in [0, 0.05) is 37.1 Å². The number of urea groups is 1. The number of nitrogens with one attached hydrogen (secondary N) is 2. The maximum absolute atomic E-state index is 12.2. The van der Waals surface area contributed by atoms with Crippen LogP contribution in [0.4, 0.5) is 4.79 Å². The fraction of sp³-hybridized carbons (Fsp3) is 0.812. The summed E-state index contributed by atoms with van der Waals surface area (Å²) in [5, 5.41) is 14.9. The molecule has 1 saturated heterocycles. The quantitative estimate of drug-likeness (QED) is 0.749. The van der Waals surface area contributed by atoms with E-state index in [2.05, 4.69) is 16.7 Å². The predicted octanol–water partition coefficient (Wildman–Crippen LogP) is 1.87. The maximum atomic E-state index is 12.2. The van der Waals surface area contributed by atoms with Gasteiger partial charge in [0.15, 0.2) is 0 Å². The summed E-state index contributed by atoms with van der Waals surface area (Å²) in [5.41, 5.74) is 0. The van der Waals surface area contributed by atoms with E-state index in [-0.39, 0.29) is 18.0 Å². The van der Waals surface area contributed by atoms with Gasteiger partial charge in [-0.3, -0.25) is 4.79 Å². The summed E-state index contributed by atoms with van der Waals surface area (Å²) in [7, 11) is 0. The topological polar surface area (TPSA) is 85.2 Å². The summed E-state index contributed by atoms with van der Waals surface area (Å²) in [6.45, 7) is 1.14. The zero-order chi connectivity index (χ0) is 16.5. The Balaban J connectivity index is 1.59. The van der Waals surface area contributed by atoms with E-state index in [4.69, 9.17) is 5.26 Å². The normalized spacial score (nSPS) is 22.2. The Morgan fingerprint density at radius 3 is 2.78 bits per heavy atom. The van der Waals surface area contributed by atoms with Gasteiger partial charge in [0.2, 0.25) is 5.91 Å². The summed E-state index contributed by atoms with van der Waals surface area (Å²) in [6.07, 6.45) is 6.76. The lowest BCUT2D eigenvalue weighted by Crippen LogP contribution is -2.46. The molecule has 6 nitrogen and oxygen atoms in total. The molecule has 2 fully saturated rings. The van der Waals surface area contributed by atoms with Crippen LogP contribution in [0, 0.1) is 11.3 Å². The first-order valence-corrected chi connectivity index (χ1v) is 9.67. The Morgan fingerprint density at radius 2 is 2.04 bits per heavy atom. The Kier molecular flexibility index (Phi) is 7.53. The van der Waals surface area contributed by atoms with Crippen LogP contribution in [0.15, 0.2) is 0 Å². The van der Waals surface area contributed by atoms with Gasteiger partial charge >= 0.3 is 6.03 Å². The lowest BCUT2D eigenvalue weighted by atomic mass is 9.96. The van der Waals surface area contributed by atoms with Crippen LogP contribution < -0.4 is 10.6 Å². The van der Waals surface area contributed by atoms with Crippen molar-refractivity contribution in [2.45, 2.75) is 57.0 Å². The van der Waals surface area contributed by atoms with Gasteiger partial charge in [-0.05, 0) is 19.3 Å². The smallest absolute Gasteiger partial charge is 0.315 e. The van der Waals surface area contributed by atoms with E-state index < -0.39 is 0 Å². The predicted molar refractivity (Wildman–Crippen MR) is 91.1 cm³/mol. The SMILES string of the molecule is N#C[C@@H]1CSCCN1C(=O)CCCNC(=O)NC1CCCCC1. The summed E-state index contributed by atoms with van der Waals surface area (Å²) >= 11 is 1.72. The molecule has 7 heteroatoms. The molecule has 1 atom stereocenters. The van der Waals surface area contributed by atoms with Crippen molar-refractivity contribution in [2.24, 2.45) is 0 Å². The highest BCUT2D eigenvalue weighted by Gasteiger charge is 2.26. The van der Waals surface area contributed by atoms with Crippen molar-refractivity contribution in [3.63, 3.8) is 0 Å². The number of thioether (sulfide) groups is 1. The first-order chi connectivity index (χ1) is 11.2. The van der Waals surface area contributed by atoms with Crippen LogP contribution in [0.25, 0.3) is 0 Å². The minimum absolute atomic E-state index is 0.0198. The Labute approximate surface area is 142 Å². The van der Waals surface area contributed by atoms with Crippen LogP contribution in [0.5, 0.6) is 0 Å². The van der Waals surface area contributed by atoms with Gasteiger partial charge in [-0.2, -0.15) is 17.0 Å². The number of nitriles is 1. The number of carbonyl (C=O) groups is 2. The highest BCUT2D eigenvalue weighted by atomic mass is 32.2. The van der Waals surface area contributed by atoms with Crippen molar-refractivity contribution >= 4 is 23.7 Å². The fourth-order valence-electron chi connectivity index (χ4n) is 3.08. The van der Waals surface area contributed by atoms with Crippen LogP contribution in [-0.4, -0.2) is 53.5 Å². The zero-order valence-electron chi connectivity index (χ0n) is 13.6. The minimum atomic E-state index is -0.302. The molecule has 0 aromatic carbocycles. The van der Waals surface area contributed by atoms with Crippen molar-refractivity contribution in [3.8, 4) is 6.07 Å². The van der Waals surface area contributed by atoms with Gasteiger partial charge in [-0.1, -0.05) is 19.3 Å². The van der Waals surface area contributed by atoms with Crippen LogP contribution in [0.3, 0.4) is 0 Å². The molecule has 3 amide bonds. The zero-order valence-corrected chi connectivity index (χ0v) is 14.4. The second-order valence-electron chi connectivity index (χ2n) is 6.15. The maximum Gasteiger partial charge on any atom is 0.315 e. The van der Waals surface area contributed by atoms with Crippen molar-refractivity contribution < 1.29 is 9.59 Å². The molecule has 128 valence electrons. The molecule has 23 heavy (non-hydrogen) atoms. The molecule has 2 N–H and O–H groups in total. The van der Waals surface area contributed by atoms with E-state index in [9.17, 15) is 9.59 Å². The Bertz CT molecular complexity index is 446. The second-order valence-corrected chi connectivity index (χ2v) is 7.30. The second kappa shape index (κ2) is 9.66. The number of hydrogen-bond acceptors (Lipinski definition) is 4. The molecule has 2 rings (SSSR count). The molecule has 1 aliphatic heterocycles. The van der Waals surface area contributed by atoms with Crippen molar-refractivity contribution in [3.05, 3.63) is 0 Å². The van der Waals surface area contributed by atoms with Gasteiger partial charge in [-0.25, -0.2) is 4.79 Å². The molecule has 0 aromatic rings. The molecule has 2 aliphatic rings. The van der Waals surface area contributed by atoms with Gasteiger partial charge in [0.25, 0.3) is 0 Å². The number of carbonyl (C=O) groups excluding carboxylic acids is 2. The summed E-state index contributed by atoms with van der Waals surface area (Å²) in [6, 6.07) is 2.06. The van der Waals surface area contributed by atoms with Gasteiger partial charge in [-0.15, -0.1) is 0 Å². The third-order valence-corrected chi connectivity index (χ3v) is 5.41. The minimum Gasteiger partial charge on any atom is -0.338 e. The molecule has 1 saturated carbocycles. The summed E-state index contributed by atoms with van der Waals surface area (Å²) in [4.78, 5) is 25.6. The molecule has 1 heterocycles. The average molecular weight is 338 g/mol. The Hall–Kier alpha value is -1.42. The standard InChI is InChI=1S/C16H26N4O2S/c17-11-14-12-23-10-9-20(14)15(21)7-4-8-18-16(22)19-13-5-2-1-3-6-13/h13-14H,1-10,12H2,(H2,18,19,22)/t14-/m1/s1. The molecule has 0 spiro atoms. The molecule has 0 radical (unpaired) electrons. The van der Waals surface area contributed by atoms with E-state index in [0.29, 0.717) is 37.7 Å². The van der Waals surface area contributed by atoms with E-state index in [1.54, 1.807) is 16.7 Å². The fourth-order valence-corrected chi connectivity index (χ4v) is 4.05. The van der Waals surface area contributed by atoms with Crippen molar-refractivity contribution in [1.29, 1.82) is 5.26 Å². The molecular formula is C16H26N4O2S.